The van der Waals surface area contributed by atoms with Gasteiger partial charge in [-0.15, -0.1) is 0 Å². The fourth-order valence-electron chi connectivity index (χ4n) is 5.17. The maximum Gasteiger partial charge on any atom is 0.422 e. The first-order valence-corrected chi connectivity index (χ1v) is 12.5. The van der Waals surface area contributed by atoms with Crippen molar-refractivity contribution in [2.24, 2.45) is 0 Å². The Kier molecular flexibility index (Phi) is 6.98. The summed E-state index contributed by atoms with van der Waals surface area (Å²) < 4.78 is 47.4. The smallest absolute Gasteiger partial charge is 0.422 e. The normalized spacial score (nSPS) is 16.5. The van der Waals surface area contributed by atoms with E-state index in [4.69, 9.17) is 14.5 Å². The lowest BCUT2D eigenvalue weighted by Gasteiger charge is -2.33. The molecule has 2 aliphatic heterocycles. The van der Waals surface area contributed by atoms with Crippen molar-refractivity contribution in [3.8, 4) is 17.1 Å². The Morgan fingerprint density at radius 3 is 2.54 bits per heavy atom. The van der Waals surface area contributed by atoms with E-state index in [1.807, 2.05) is 43.0 Å². The topological polar surface area (TPSA) is 67.5 Å². The number of hydrogen-bond acceptors (Lipinski definition) is 4. The van der Waals surface area contributed by atoms with E-state index < -0.39 is 12.8 Å². The molecular formula is C28H30F3N3O3. The van der Waals surface area contributed by atoms with E-state index >= 15 is 0 Å². The molecule has 0 bridgehead atoms. The van der Waals surface area contributed by atoms with Crippen molar-refractivity contribution in [1.82, 2.24) is 14.9 Å². The number of ether oxygens (including phenoxy) is 2. The molecule has 5 rings (SSSR count). The fraction of sp³-hybridized carbons (Fsp3) is 0.429. The largest absolute Gasteiger partial charge is 0.484 e. The molecule has 0 unspecified atom stereocenters. The molecule has 196 valence electrons. The summed E-state index contributed by atoms with van der Waals surface area (Å²) in [6.07, 6.45) is -2.00. The Morgan fingerprint density at radius 1 is 1.14 bits per heavy atom. The zero-order valence-electron chi connectivity index (χ0n) is 21.0. The molecule has 6 nitrogen and oxygen atoms in total. The van der Waals surface area contributed by atoms with E-state index in [0.717, 1.165) is 58.7 Å². The van der Waals surface area contributed by atoms with E-state index in [2.05, 4.69) is 4.98 Å². The van der Waals surface area contributed by atoms with Crippen molar-refractivity contribution < 1.29 is 27.4 Å². The van der Waals surface area contributed by atoms with Gasteiger partial charge in [-0.05, 0) is 67.5 Å². The van der Waals surface area contributed by atoms with E-state index in [-0.39, 0.29) is 17.6 Å². The van der Waals surface area contributed by atoms with Gasteiger partial charge in [0.15, 0.2) is 6.61 Å². The molecule has 0 saturated carbocycles. The van der Waals surface area contributed by atoms with Gasteiger partial charge in [-0.2, -0.15) is 13.2 Å². The first-order valence-electron chi connectivity index (χ1n) is 12.5. The molecule has 9 heteroatoms. The number of alkyl halides is 3. The van der Waals surface area contributed by atoms with Crippen molar-refractivity contribution >= 4 is 5.91 Å². The number of nitrogens with one attached hydrogen (secondary N) is 1. The molecule has 0 atom stereocenters. The van der Waals surface area contributed by atoms with Gasteiger partial charge in [-0.3, -0.25) is 4.79 Å². The second-order valence-corrected chi connectivity index (χ2v) is 9.83. The third-order valence-electron chi connectivity index (χ3n) is 7.19. The average molecular weight is 514 g/mol. The molecule has 0 aliphatic carbocycles. The number of aryl methyl sites for hydroxylation is 2. The summed E-state index contributed by atoms with van der Waals surface area (Å²) in [6, 6.07) is 10.8. The number of aromatic nitrogens is 2. The highest BCUT2D eigenvalue weighted by Crippen LogP contribution is 2.32. The highest BCUT2D eigenvalue weighted by Gasteiger charge is 2.29. The van der Waals surface area contributed by atoms with Crippen LogP contribution in [0.3, 0.4) is 0 Å². The predicted octanol–water partition coefficient (Wildman–Crippen LogP) is 5.73. The van der Waals surface area contributed by atoms with Crippen molar-refractivity contribution in [3.63, 3.8) is 0 Å². The van der Waals surface area contributed by atoms with Crippen LogP contribution in [-0.4, -0.2) is 53.3 Å². The number of nitrogens with zero attached hydrogens (tertiary/aromatic N) is 2. The number of rotatable bonds is 5. The summed E-state index contributed by atoms with van der Waals surface area (Å²) in [7, 11) is 0. The van der Waals surface area contributed by atoms with Gasteiger partial charge in [0.1, 0.15) is 11.6 Å². The van der Waals surface area contributed by atoms with Gasteiger partial charge in [0.05, 0.1) is 24.6 Å². The Bertz CT molecular complexity index is 1250. The zero-order chi connectivity index (χ0) is 26.2. The number of benzene rings is 2. The summed E-state index contributed by atoms with van der Waals surface area (Å²) in [5.41, 5.74) is 6.66. The number of aromatic amines is 1. The second-order valence-electron chi connectivity index (χ2n) is 9.83. The van der Waals surface area contributed by atoms with E-state index in [9.17, 15) is 18.0 Å². The molecule has 1 fully saturated rings. The summed E-state index contributed by atoms with van der Waals surface area (Å²) in [6.45, 7) is 5.11. The van der Waals surface area contributed by atoms with Crippen molar-refractivity contribution in [3.05, 3.63) is 70.0 Å². The third kappa shape index (κ3) is 5.66. The van der Waals surface area contributed by atoms with Gasteiger partial charge in [0.2, 0.25) is 0 Å². The minimum absolute atomic E-state index is 0.00718. The summed E-state index contributed by atoms with van der Waals surface area (Å²) in [5, 5.41) is 0. The number of hydrogen-bond donors (Lipinski definition) is 1. The highest BCUT2D eigenvalue weighted by molar-refractivity contribution is 5.97. The number of imidazole rings is 1. The first-order chi connectivity index (χ1) is 17.7. The van der Waals surface area contributed by atoms with Crippen LogP contribution in [0.25, 0.3) is 11.4 Å². The Labute approximate surface area is 213 Å². The van der Waals surface area contributed by atoms with Gasteiger partial charge in [0.25, 0.3) is 5.91 Å². The standard InChI is InChI=1S/C28H30F3N3O3/c1-17-13-18(2)23(14-22(17)26-32-24-9-12-36-15-25(24)33-26)27(35)34-10-7-20(8-11-34)19-3-5-21(6-4-19)37-16-28(29,30)31/h3-6,13-14,20H,7-12,15-16H2,1-2H3,(H,32,33). The second kappa shape index (κ2) is 10.2. The van der Waals surface area contributed by atoms with Crippen LogP contribution in [0.4, 0.5) is 13.2 Å². The van der Waals surface area contributed by atoms with Gasteiger partial charge < -0.3 is 19.4 Å². The van der Waals surface area contributed by atoms with E-state index in [0.29, 0.717) is 31.9 Å². The number of amides is 1. The molecule has 0 radical (unpaired) electrons. The molecule has 1 amide bonds. The van der Waals surface area contributed by atoms with Crippen LogP contribution in [0.5, 0.6) is 5.75 Å². The number of carbonyl (C=O) groups is 1. The number of likely N-dealkylation sites (tertiary alicyclic amines) is 1. The Morgan fingerprint density at radius 2 is 1.86 bits per heavy atom. The van der Waals surface area contributed by atoms with Crippen molar-refractivity contribution in [2.45, 2.75) is 51.8 Å². The van der Waals surface area contributed by atoms with E-state index in [1.54, 1.807) is 12.1 Å². The lowest BCUT2D eigenvalue weighted by atomic mass is 9.89. The number of halogens is 3. The Hall–Kier alpha value is -3.33. The SMILES string of the molecule is Cc1cc(C)c(-c2nc3c([nH]2)COCC3)cc1C(=O)N1CCC(c2ccc(OCC(F)(F)F)cc2)CC1. The summed E-state index contributed by atoms with van der Waals surface area (Å²) in [4.78, 5) is 23.6. The van der Waals surface area contributed by atoms with Crippen LogP contribution < -0.4 is 4.74 Å². The molecule has 1 aromatic heterocycles. The summed E-state index contributed by atoms with van der Waals surface area (Å²) >= 11 is 0. The van der Waals surface area contributed by atoms with Crippen LogP contribution in [0.1, 0.15) is 57.2 Å². The number of fused-ring (bicyclic) bond motifs is 1. The van der Waals surface area contributed by atoms with Crippen LogP contribution >= 0.6 is 0 Å². The van der Waals surface area contributed by atoms with Crippen molar-refractivity contribution in [2.75, 3.05) is 26.3 Å². The predicted molar refractivity (Wildman–Crippen MR) is 133 cm³/mol. The fourth-order valence-corrected chi connectivity index (χ4v) is 5.17. The van der Waals surface area contributed by atoms with Crippen LogP contribution in [-0.2, 0) is 17.8 Å². The molecule has 1 saturated heterocycles. The number of piperidine rings is 1. The molecule has 3 heterocycles. The highest BCUT2D eigenvalue weighted by atomic mass is 19.4. The number of H-pyrrole nitrogens is 1. The lowest BCUT2D eigenvalue weighted by Crippen LogP contribution is -2.38. The lowest BCUT2D eigenvalue weighted by molar-refractivity contribution is -0.153. The van der Waals surface area contributed by atoms with E-state index in [1.165, 1.54) is 0 Å². The zero-order valence-corrected chi connectivity index (χ0v) is 21.0. The summed E-state index contributed by atoms with van der Waals surface area (Å²) in [5.74, 6) is 1.22. The monoisotopic (exact) mass is 513 g/mol. The Balaban J connectivity index is 1.25. The quantitative estimate of drug-likeness (QED) is 0.473. The first kappa shape index (κ1) is 25.3. The van der Waals surface area contributed by atoms with Gasteiger partial charge in [-0.1, -0.05) is 18.2 Å². The van der Waals surface area contributed by atoms with Crippen LogP contribution in [0.2, 0.25) is 0 Å². The minimum atomic E-state index is -4.36. The number of carbonyl (C=O) groups excluding carboxylic acids is 1. The molecule has 37 heavy (non-hydrogen) atoms. The molecule has 2 aliphatic rings. The molecular weight excluding hydrogens is 483 g/mol. The molecule has 0 spiro atoms. The average Bonchev–Trinajstić information content (AvgIpc) is 3.31. The van der Waals surface area contributed by atoms with Gasteiger partial charge in [0, 0.05) is 30.6 Å². The van der Waals surface area contributed by atoms with Crippen LogP contribution in [0, 0.1) is 13.8 Å². The van der Waals surface area contributed by atoms with Crippen LogP contribution in [0.15, 0.2) is 36.4 Å². The maximum atomic E-state index is 13.5. The van der Waals surface area contributed by atoms with Crippen molar-refractivity contribution in [1.29, 1.82) is 0 Å². The molecule has 1 N–H and O–H groups in total. The third-order valence-corrected chi connectivity index (χ3v) is 7.19. The molecule has 2 aromatic carbocycles. The minimum Gasteiger partial charge on any atom is -0.484 e. The van der Waals surface area contributed by atoms with Gasteiger partial charge in [-0.25, -0.2) is 4.98 Å². The van der Waals surface area contributed by atoms with Gasteiger partial charge >= 0.3 is 6.18 Å². The maximum absolute atomic E-state index is 13.5. The molecule has 3 aromatic rings.